The van der Waals surface area contributed by atoms with Gasteiger partial charge in [0.1, 0.15) is 5.69 Å². The Kier molecular flexibility index (Phi) is 4.93. The van der Waals surface area contributed by atoms with Crippen LogP contribution in [-0.4, -0.2) is 10.8 Å². The molecule has 0 amide bonds. The van der Waals surface area contributed by atoms with E-state index in [0.717, 1.165) is 22.1 Å². The fourth-order valence-corrected chi connectivity index (χ4v) is 2.66. The van der Waals surface area contributed by atoms with Gasteiger partial charge in [0.15, 0.2) is 0 Å². The average molecular weight is 351 g/mol. The first-order chi connectivity index (χ1) is 13.4. The van der Waals surface area contributed by atoms with E-state index in [2.05, 4.69) is 43.9 Å². The van der Waals surface area contributed by atoms with Crippen molar-refractivity contribution in [2.45, 2.75) is 0 Å². The summed E-state index contributed by atoms with van der Waals surface area (Å²) >= 11 is 0. The molecule has 1 N–H and O–H groups in total. The van der Waals surface area contributed by atoms with Gasteiger partial charge in [-0.3, -0.25) is 10.4 Å². The van der Waals surface area contributed by atoms with Gasteiger partial charge in [0, 0.05) is 11.6 Å². The third-order valence-electron chi connectivity index (χ3n) is 3.98. The Morgan fingerprint density at radius 1 is 0.741 bits per heavy atom. The maximum Gasteiger partial charge on any atom is 0.219 e. The number of nitrogens with one attached hydrogen (secondary N) is 1. The van der Waals surface area contributed by atoms with Gasteiger partial charge in [0.25, 0.3) is 0 Å². The van der Waals surface area contributed by atoms with Gasteiger partial charge in [-0.15, -0.1) is 10.2 Å². The van der Waals surface area contributed by atoms with Crippen LogP contribution in [0.2, 0.25) is 0 Å². The summed E-state index contributed by atoms with van der Waals surface area (Å²) in [5.74, 6) is 0.410. The Bertz CT molecular complexity index is 1080. The second-order valence-corrected chi connectivity index (χ2v) is 5.82. The largest absolute Gasteiger partial charge is 0.276 e. The molecule has 0 atom stereocenters. The van der Waals surface area contributed by atoms with Crippen LogP contribution in [0.1, 0.15) is 5.69 Å². The molecule has 1 aromatic heterocycles. The minimum Gasteiger partial charge on any atom is -0.276 e. The molecule has 0 fully saturated rings. The number of pyridine rings is 1. The van der Waals surface area contributed by atoms with E-state index in [1.54, 1.807) is 6.20 Å². The van der Waals surface area contributed by atoms with Crippen molar-refractivity contribution in [1.29, 1.82) is 0 Å². The summed E-state index contributed by atoms with van der Waals surface area (Å²) < 4.78 is 0. The van der Waals surface area contributed by atoms with Crippen LogP contribution in [0.15, 0.2) is 113 Å². The number of azo groups is 1. The minimum atomic E-state index is 0.410. The average Bonchev–Trinajstić information content (AvgIpc) is 2.75. The van der Waals surface area contributed by atoms with Crippen molar-refractivity contribution in [2.24, 2.45) is 15.3 Å². The summed E-state index contributed by atoms with van der Waals surface area (Å²) in [5, 5.41) is 15.3. The van der Waals surface area contributed by atoms with Gasteiger partial charge in [-0.25, -0.2) is 0 Å². The monoisotopic (exact) mass is 351 g/mol. The lowest BCUT2D eigenvalue weighted by molar-refractivity contribution is 1.18. The van der Waals surface area contributed by atoms with Gasteiger partial charge in [0.05, 0.1) is 11.4 Å². The van der Waals surface area contributed by atoms with E-state index in [4.69, 9.17) is 0 Å². The predicted octanol–water partition coefficient (Wildman–Crippen LogP) is 5.79. The number of aromatic nitrogens is 1. The molecule has 5 nitrogen and oxygen atoms in total. The van der Waals surface area contributed by atoms with E-state index < -0.39 is 0 Å². The molecule has 5 heteroatoms. The minimum absolute atomic E-state index is 0.410. The maximum atomic E-state index is 4.47. The Morgan fingerprint density at radius 2 is 1.52 bits per heavy atom. The molecule has 0 bridgehead atoms. The van der Waals surface area contributed by atoms with Gasteiger partial charge >= 0.3 is 0 Å². The second-order valence-electron chi connectivity index (χ2n) is 5.82. The van der Waals surface area contributed by atoms with Crippen LogP contribution < -0.4 is 5.43 Å². The lowest BCUT2D eigenvalue weighted by Gasteiger charge is -2.06. The quantitative estimate of drug-likeness (QED) is 0.219. The van der Waals surface area contributed by atoms with Crippen LogP contribution >= 0.6 is 0 Å². The summed E-state index contributed by atoms with van der Waals surface area (Å²) in [5.41, 5.74) is 5.42. The first kappa shape index (κ1) is 16.6. The summed E-state index contributed by atoms with van der Waals surface area (Å²) in [6.07, 6.45) is 1.71. The predicted molar refractivity (Wildman–Crippen MR) is 109 cm³/mol. The summed E-state index contributed by atoms with van der Waals surface area (Å²) in [4.78, 5) is 4.34. The molecule has 0 aliphatic rings. The standard InChI is InChI=1S/C22H17N5/c1-2-11-18(12-3-1)24-26-22(21-14-6-7-16-23-21)27-25-20-15-8-10-17-9-4-5-13-19(17)20/h1-16,25H. The lowest BCUT2D eigenvalue weighted by Crippen LogP contribution is -2.03. The van der Waals surface area contributed by atoms with Crippen molar-refractivity contribution >= 4 is 28.0 Å². The van der Waals surface area contributed by atoms with Crippen molar-refractivity contribution in [3.8, 4) is 0 Å². The molecule has 0 saturated carbocycles. The molecule has 0 saturated heterocycles. The second kappa shape index (κ2) is 8.01. The topological polar surface area (TPSA) is 62.0 Å². The number of hydrazone groups is 1. The molecule has 3 aromatic carbocycles. The maximum absolute atomic E-state index is 4.47. The van der Waals surface area contributed by atoms with Gasteiger partial charge in [0.2, 0.25) is 5.84 Å². The molecule has 4 aromatic rings. The van der Waals surface area contributed by atoms with E-state index in [1.807, 2.05) is 72.8 Å². The van der Waals surface area contributed by atoms with Crippen molar-refractivity contribution < 1.29 is 0 Å². The zero-order chi connectivity index (χ0) is 18.3. The first-order valence-electron chi connectivity index (χ1n) is 8.60. The molecule has 0 spiro atoms. The van der Waals surface area contributed by atoms with Crippen LogP contribution in [0.5, 0.6) is 0 Å². The molecule has 0 aliphatic carbocycles. The third kappa shape index (κ3) is 4.04. The van der Waals surface area contributed by atoms with E-state index in [9.17, 15) is 0 Å². The molecule has 1 heterocycles. The highest BCUT2D eigenvalue weighted by Crippen LogP contribution is 2.23. The number of rotatable bonds is 4. The fourth-order valence-electron chi connectivity index (χ4n) is 2.66. The van der Waals surface area contributed by atoms with Crippen LogP contribution in [0.4, 0.5) is 11.4 Å². The smallest absolute Gasteiger partial charge is 0.219 e. The van der Waals surface area contributed by atoms with Crippen LogP contribution in [-0.2, 0) is 0 Å². The molecule has 0 aliphatic heterocycles. The molecular formula is C22H17N5. The highest BCUT2D eigenvalue weighted by Gasteiger charge is 2.05. The number of hydrogen-bond acceptors (Lipinski definition) is 4. The van der Waals surface area contributed by atoms with Crippen molar-refractivity contribution in [3.05, 3.63) is 103 Å². The van der Waals surface area contributed by atoms with Crippen molar-refractivity contribution in [2.75, 3.05) is 5.43 Å². The first-order valence-corrected chi connectivity index (χ1v) is 8.60. The summed E-state index contributed by atoms with van der Waals surface area (Å²) in [6.45, 7) is 0. The molecular weight excluding hydrogens is 334 g/mol. The van der Waals surface area contributed by atoms with Gasteiger partial charge in [-0.2, -0.15) is 5.10 Å². The zero-order valence-electron chi connectivity index (χ0n) is 14.5. The fraction of sp³-hybridized carbons (Fsp3) is 0. The normalized spacial score (nSPS) is 11.8. The summed E-state index contributed by atoms with van der Waals surface area (Å²) in [6, 6.07) is 29.3. The highest BCUT2D eigenvalue weighted by atomic mass is 15.3. The summed E-state index contributed by atoms with van der Waals surface area (Å²) in [7, 11) is 0. The molecule has 0 unspecified atom stereocenters. The number of anilines is 1. The molecule has 0 radical (unpaired) electrons. The number of fused-ring (bicyclic) bond motifs is 1. The molecule has 130 valence electrons. The van der Waals surface area contributed by atoms with E-state index in [1.165, 1.54) is 0 Å². The Morgan fingerprint density at radius 3 is 2.37 bits per heavy atom. The van der Waals surface area contributed by atoms with Crippen molar-refractivity contribution in [3.63, 3.8) is 0 Å². The number of nitrogens with zero attached hydrogens (tertiary/aromatic N) is 4. The number of benzene rings is 3. The highest BCUT2D eigenvalue weighted by molar-refractivity contribution is 5.99. The van der Waals surface area contributed by atoms with E-state index >= 15 is 0 Å². The van der Waals surface area contributed by atoms with E-state index in [-0.39, 0.29) is 0 Å². The molecule has 4 rings (SSSR count). The van der Waals surface area contributed by atoms with Crippen LogP contribution in [0, 0.1) is 0 Å². The SMILES string of the molecule is c1ccc(N=NC(=NNc2cccc3ccccc23)c2ccccn2)cc1. The lowest BCUT2D eigenvalue weighted by atomic mass is 10.1. The Labute approximate surface area is 157 Å². The third-order valence-corrected chi connectivity index (χ3v) is 3.98. The zero-order valence-corrected chi connectivity index (χ0v) is 14.5. The van der Waals surface area contributed by atoms with Gasteiger partial charge < -0.3 is 0 Å². The van der Waals surface area contributed by atoms with Crippen molar-refractivity contribution in [1.82, 2.24) is 4.98 Å². The Balaban J connectivity index is 1.69. The van der Waals surface area contributed by atoms with Crippen LogP contribution in [0.3, 0.4) is 0 Å². The van der Waals surface area contributed by atoms with Crippen LogP contribution in [0.25, 0.3) is 10.8 Å². The van der Waals surface area contributed by atoms with Gasteiger partial charge in [-0.05, 0) is 35.7 Å². The van der Waals surface area contributed by atoms with E-state index in [0.29, 0.717) is 11.5 Å². The molecule has 27 heavy (non-hydrogen) atoms. The number of amidine groups is 1. The Hall–Kier alpha value is -3.86. The number of hydrogen-bond donors (Lipinski definition) is 1. The van der Waals surface area contributed by atoms with Gasteiger partial charge in [-0.1, -0.05) is 60.7 Å².